The van der Waals surface area contributed by atoms with Crippen LogP contribution in [0.2, 0.25) is 5.02 Å². The summed E-state index contributed by atoms with van der Waals surface area (Å²) in [6.07, 6.45) is 1.12. The lowest BCUT2D eigenvalue weighted by Gasteiger charge is -2.44. The third kappa shape index (κ3) is 3.97. The van der Waals surface area contributed by atoms with Crippen LogP contribution in [0.1, 0.15) is 24.0 Å². The highest BCUT2D eigenvalue weighted by Gasteiger charge is 2.47. The van der Waals surface area contributed by atoms with Gasteiger partial charge in [-0.05, 0) is 37.0 Å². The van der Waals surface area contributed by atoms with Crippen LogP contribution in [-0.4, -0.2) is 61.7 Å². The van der Waals surface area contributed by atoms with Gasteiger partial charge in [-0.1, -0.05) is 23.7 Å². The Labute approximate surface area is 153 Å². The number of rotatable bonds is 5. The number of carbonyl (C=O) groups is 2. The lowest BCUT2D eigenvalue weighted by atomic mass is 9.86. The molecule has 0 N–H and O–H groups in total. The smallest absolute Gasteiger partial charge is 0.331 e. The molecule has 1 saturated heterocycles. The lowest BCUT2D eigenvalue weighted by molar-refractivity contribution is -0.183. The van der Waals surface area contributed by atoms with Crippen LogP contribution in [0.5, 0.6) is 0 Å². The number of methoxy groups -OCH3 is 1. The van der Waals surface area contributed by atoms with E-state index in [4.69, 9.17) is 21.2 Å². The van der Waals surface area contributed by atoms with E-state index < -0.39 is 5.54 Å². The molecule has 1 fully saturated rings. The second kappa shape index (κ2) is 8.17. The number of ether oxygens (including phenoxy) is 1. The highest BCUT2D eigenvalue weighted by Crippen LogP contribution is 2.30. The van der Waals surface area contributed by atoms with Gasteiger partial charge in [0.1, 0.15) is 5.54 Å². The van der Waals surface area contributed by atoms with Gasteiger partial charge in [-0.15, -0.1) is 0 Å². The molecule has 25 heavy (non-hydrogen) atoms. The zero-order valence-corrected chi connectivity index (χ0v) is 15.9. The first kappa shape index (κ1) is 19.7. The van der Waals surface area contributed by atoms with Crippen molar-refractivity contribution in [2.75, 3.05) is 34.4 Å². The van der Waals surface area contributed by atoms with Crippen LogP contribution in [0.4, 0.5) is 0 Å². The summed E-state index contributed by atoms with van der Waals surface area (Å²) in [6.45, 7) is 3.00. The summed E-state index contributed by atoms with van der Waals surface area (Å²) in [5.74, 6) is -0.524. The molecule has 0 aliphatic carbocycles. The Morgan fingerprint density at radius 2 is 1.92 bits per heavy atom. The molecule has 0 saturated carbocycles. The van der Waals surface area contributed by atoms with Crippen molar-refractivity contribution in [1.29, 1.82) is 0 Å². The molecule has 2 rings (SSSR count). The van der Waals surface area contributed by atoms with E-state index in [1.807, 2.05) is 19.1 Å². The van der Waals surface area contributed by atoms with Crippen molar-refractivity contribution in [2.45, 2.75) is 31.7 Å². The molecular formula is C18H25ClN2O4. The fraction of sp³-hybridized carbons (Fsp3) is 0.556. The molecule has 138 valence electrons. The maximum atomic E-state index is 12.9. The first-order chi connectivity index (χ1) is 11.9. The summed E-state index contributed by atoms with van der Waals surface area (Å²) in [5, 5.41) is 2.41. The summed E-state index contributed by atoms with van der Waals surface area (Å²) < 4.78 is 5.01. The van der Waals surface area contributed by atoms with Gasteiger partial charge in [0.25, 0.3) is 0 Å². The van der Waals surface area contributed by atoms with Gasteiger partial charge in [-0.3, -0.25) is 4.79 Å². The van der Waals surface area contributed by atoms with E-state index in [1.165, 1.54) is 12.0 Å². The number of halogens is 1. The van der Waals surface area contributed by atoms with E-state index in [9.17, 15) is 9.59 Å². The topological polar surface area (TPSA) is 59.1 Å². The molecule has 1 aliphatic heterocycles. The summed E-state index contributed by atoms with van der Waals surface area (Å²) in [5.41, 5.74) is 0.777. The molecular weight excluding hydrogens is 344 g/mol. The number of benzene rings is 1. The standard InChI is InChI=1S/C18H25ClN2O4/c1-13-14(6-5-7-15(13)19)12-16(22)20(2)18(17(23)24-3)8-10-21(25-4)11-9-18/h5-7H,8-12H2,1-4H3. The van der Waals surface area contributed by atoms with Crippen LogP contribution in [0.15, 0.2) is 18.2 Å². The molecule has 1 aliphatic rings. The number of hydrogen-bond donors (Lipinski definition) is 0. The third-order valence-corrected chi connectivity index (χ3v) is 5.52. The van der Waals surface area contributed by atoms with Crippen LogP contribution in [-0.2, 0) is 25.6 Å². The van der Waals surface area contributed by atoms with E-state index in [1.54, 1.807) is 25.3 Å². The van der Waals surface area contributed by atoms with Crippen LogP contribution >= 0.6 is 11.6 Å². The van der Waals surface area contributed by atoms with E-state index in [2.05, 4.69) is 0 Å². The predicted molar refractivity (Wildman–Crippen MR) is 95.2 cm³/mol. The Balaban J connectivity index is 2.21. The molecule has 0 bridgehead atoms. The van der Waals surface area contributed by atoms with Gasteiger partial charge in [0.05, 0.1) is 20.6 Å². The quantitative estimate of drug-likeness (QED) is 0.746. The minimum absolute atomic E-state index is 0.137. The molecule has 0 unspecified atom stereocenters. The lowest BCUT2D eigenvalue weighted by Crippen LogP contribution is -2.61. The average molecular weight is 369 g/mol. The Morgan fingerprint density at radius 3 is 2.48 bits per heavy atom. The molecule has 0 aromatic heterocycles. The number of hydrogen-bond acceptors (Lipinski definition) is 5. The summed E-state index contributed by atoms with van der Waals surface area (Å²) in [6, 6.07) is 5.50. The fourth-order valence-electron chi connectivity index (χ4n) is 3.27. The molecule has 1 heterocycles. The Hall–Kier alpha value is -1.63. The predicted octanol–water partition coefficient (Wildman–Crippen LogP) is 2.22. The second-order valence-corrected chi connectivity index (χ2v) is 6.70. The number of carbonyl (C=O) groups excluding carboxylic acids is 2. The number of hydroxylamine groups is 2. The van der Waals surface area contributed by atoms with E-state index >= 15 is 0 Å². The van der Waals surface area contributed by atoms with Crippen molar-refractivity contribution >= 4 is 23.5 Å². The van der Waals surface area contributed by atoms with Gasteiger partial charge in [-0.2, -0.15) is 5.06 Å². The monoisotopic (exact) mass is 368 g/mol. The van der Waals surface area contributed by atoms with Crippen LogP contribution in [0, 0.1) is 6.92 Å². The van der Waals surface area contributed by atoms with E-state index in [0.717, 1.165) is 11.1 Å². The number of piperidine rings is 1. The van der Waals surface area contributed by atoms with Gasteiger partial charge in [0.15, 0.2) is 0 Å². The van der Waals surface area contributed by atoms with Crippen LogP contribution in [0.25, 0.3) is 0 Å². The van der Waals surface area contributed by atoms with Gasteiger partial charge in [0.2, 0.25) is 5.91 Å². The summed E-state index contributed by atoms with van der Waals surface area (Å²) in [4.78, 5) is 32.1. The largest absolute Gasteiger partial charge is 0.467 e. The van der Waals surface area contributed by atoms with Gasteiger partial charge < -0.3 is 14.5 Å². The molecule has 7 heteroatoms. The van der Waals surface area contributed by atoms with Gasteiger partial charge in [0, 0.05) is 25.2 Å². The Morgan fingerprint density at radius 1 is 1.28 bits per heavy atom. The highest BCUT2D eigenvalue weighted by molar-refractivity contribution is 6.31. The summed E-state index contributed by atoms with van der Waals surface area (Å²) >= 11 is 6.14. The van der Waals surface area contributed by atoms with E-state index in [-0.39, 0.29) is 18.3 Å². The normalized spacial score (nSPS) is 17.2. The molecule has 1 amide bonds. The van der Waals surface area contributed by atoms with Crippen molar-refractivity contribution in [3.8, 4) is 0 Å². The number of esters is 1. The minimum atomic E-state index is -0.965. The van der Waals surface area contributed by atoms with Crippen molar-refractivity contribution in [3.05, 3.63) is 34.3 Å². The first-order valence-corrected chi connectivity index (χ1v) is 8.61. The fourth-order valence-corrected chi connectivity index (χ4v) is 3.46. The van der Waals surface area contributed by atoms with Crippen molar-refractivity contribution in [3.63, 3.8) is 0 Å². The number of amides is 1. The van der Waals surface area contributed by atoms with Crippen molar-refractivity contribution in [2.24, 2.45) is 0 Å². The van der Waals surface area contributed by atoms with Crippen LogP contribution in [0.3, 0.4) is 0 Å². The molecule has 1 aromatic carbocycles. The maximum Gasteiger partial charge on any atom is 0.331 e. The molecule has 0 radical (unpaired) electrons. The van der Waals surface area contributed by atoms with Crippen molar-refractivity contribution in [1.82, 2.24) is 9.96 Å². The van der Waals surface area contributed by atoms with Gasteiger partial charge in [-0.25, -0.2) is 4.79 Å². The number of likely N-dealkylation sites (N-methyl/N-ethyl adjacent to an activating group) is 1. The molecule has 1 aromatic rings. The van der Waals surface area contributed by atoms with E-state index in [0.29, 0.717) is 31.0 Å². The SMILES string of the molecule is COC(=O)C1(N(C)C(=O)Cc2cccc(Cl)c2C)CCN(OC)CC1. The highest BCUT2D eigenvalue weighted by atomic mass is 35.5. The van der Waals surface area contributed by atoms with Crippen LogP contribution < -0.4 is 0 Å². The average Bonchev–Trinajstić information content (AvgIpc) is 2.64. The zero-order valence-electron chi connectivity index (χ0n) is 15.2. The van der Waals surface area contributed by atoms with Crippen molar-refractivity contribution < 1.29 is 19.2 Å². The minimum Gasteiger partial charge on any atom is -0.467 e. The Bertz CT molecular complexity index is 642. The zero-order chi connectivity index (χ0) is 18.6. The summed E-state index contributed by atoms with van der Waals surface area (Å²) in [7, 11) is 4.62. The Kier molecular flexibility index (Phi) is 6.43. The molecule has 6 nitrogen and oxygen atoms in total. The molecule has 0 atom stereocenters. The third-order valence-electron chi connectivity index (χ3n) is 5.11. The first-order valence-electron chi connectivity index (χ1n) is 8.24. The maximum absolute atomic E-state index is 12.9. The molecule has 0 spiro atoms. The second-order valence-electron chi connectivity index (χ2n) is 6.29. The number of nitrogens with zero attached hydrogens (tertiary/aromatic N) is 2. The van der Waals surface area contributed by atoms with Gasteiger partial charge >= 0.3 is 5.97 Å².